The van der Waals surface area contributed by atoms with Gasteiger partial charge in [0.1, 0.15) is 0 Å². The van der Waals surface area contributed by atoms with Crippen LogP contribution in [0.15, 0.2) is 27.4 Å². The Labute approximate surface area is 126 Å². The van der Waals surface area contributed by atoms with Crippen LogP contribution in [0.5, 0.6) is 0 Å². The Morgan fingerprint density at radius 3 is 2.90 bits per heavy atom. The van der Waals surface area contributed by atoms with E-state index in [0.29, 0.717) is 22.5 Å². The number of rotatable bonds is 3. The fraction of sp³-hybridized carbons (Fsp3) is 0.462. The summed E-state index contributed by atoms with van der Waals surface area (Å²) in [7, 11) is -1.14. The van der Waals surface area contributed by atoms with Crippen LogP contribution in [0.25, 0.3) is 11.1 Å². The number of hydrogen-bond donors (Lipinski definition) is 0. The highest BCUT2D eigenvalue weighted by Gasteiger charge is 2.31. The summed E-state index contributed by atoms with van der Waals surface area (Å²) in [4.78, 5) is 13.8. The molecular weight excluding hydrogens is 316 g/mol. The molecule has 1 saturated heterocycles. The number of oxazole rings is 1. The van der Waals surface area contributed by atoms with Crippen molar-refractivity contribution in [3.05, 3.63) is 33.8 Å². The molecule has 2 heterocycles. The second-order valence-corrected chi connectivity index (χ2v) is 8.03. The van der Waals surface area contributed by atoms with E-state index in [9.17, 15) is 13.2 Å². The lowest BCUT2D eigenvalue weighted by atomic mass is 10.2. The summed E-state index contributed by atoms with van der Waals surface area (Å²) < 4.78 is 29.7. The molecule has 21 heavy (non-hydrogen) atoms. The predicted molar refractivity (Wildman–Crippen MR) is 80.3 cm³/mol. The van der Waals surface area contributed by atoms with E-state index >= 15 is 0 Å². The largest absolute Gasteiger partial charge is 0.421 e. The molecule has 0 N–H and O–H groups in total. The van der Waals surface area contributed by atoms with Crippen molar-refractivity contribution in [1.82, 2.24) is 9.47 Å². The molecule has 0 spiro atoms. The number of sulfone groups is 1. The number of hydrogen-bond acceptors (Lipinski definition) is 5. The van der Waals surface area contributed by atoms with Gasteiger partial charge in [-0.15, -0.1) is 0 Å². The lowest BCUT2D eigenvalue weighted by Gasteiger charge is -2.22. The van der Waals surface area contributed by atoms with Crippen molar-refractivity contribution in [3.8, 4) is 0 Å². The summed E-state index contributed by atoms with van der Waals surface area (Å²) in [5.74, 6) is -0.127. The molecule has 1 atom stereocenters. The van der Waals surface area contributed by atoms with E-state index in [-0.39, 0.29) is 24.2 Å². The Bertz CT molecular complexity index is 839. The van der Waals surface area contributed by atoms with Crippen molar-refractivity contribution in [2.75, 3.05) is 18.6 Å². The van der Waals surface area contributed by atoms with Gasteiger partial charge in [0, 0.05) is 17.1 Å². The minimum Gasteiger partial charge on any atom is -0.408 e. The van der Waals surface area contributed by atoms with Crippen LogP contribution in [-0.2, 0) is 16.5 Å². The van der Waals surface area contributed by atoms with Crippen LogP contribution in [0.2, 0.25) is 5.02 Å². The Morgan fingerprint density at radius 2 is 2.24 bits per heavy atom. The van der Waals surface area contributed by atoms with Gasteiger partial charge < -0.3 is 4.42 Å². The average molecular weight is 331 g/mol. The Morgan fingerprint density at radius 1 is 1.48 bits per heavy atom. The van der Waals surface area contributed by atoms with Gasteiger partial charge in [0.15, 0.2) is 15.4 Å². The molecule has 0 saturated carbocycles. The zero-order valence-corrected chi connectivity index (χ0v) is 13.0. The molecule has 8 heteroatoms. The molecule has 1 aliphatic rings. The highest BCUT2D eigenvalue weighted by atomic mass is 35.5. The van der Waals surface area contributed by atoms with E-state index in [2.05, 4.69) is 0 Å². The van der Waals surface area contributed by atoms with E-state index in [4.69, 9.17) is 16.0 Å². The normalized spacial score (nSPS) is 21.4. The third-order valence-corrected chi connectivity index (χ3v) is 5.81. The topological polar surface area (TPSA) is 72.5 Å². The molecule has 0 unspecified atom stereocenters. The van der Waals surface area contributed by atoms with E-state index in [1.54, 1.807) is 18.2 Å². The fourth-order valence-corrected chi connectivity index (χ4v) is 4.60. The van der Waals surface area contributed by atoms with Crippen LogP contribution >= 0.6 is 11.6 Å². The number of fused-ring (bicyclic) bond motifs is 1. The number of nitrogens with zero attached hydrogens (tertiary/aromatic N) is 2. The summed E-state index contributed by atoms with van der Waals surface area (Å²) in [5.41, 5.74) is 1.08. The van der Waals surface area contributed by atoms with Crippen LogP contribution in [0.3, 0.4) is 0 Å². The SMILES string of the molecule is CN(Cn1c(=O)oc2cc(Cl)ccc21)[C@H]1CCS(=O)(=O)C1. The molecule has 1 fully saturated rings. The molecule has 0 bridgehead atoms. The van der Waals surface area contributed by atoms with E-state index in [1.807, 2.05) is 11.9 Å². The zero-order chi connectivity index (χ0) is 15.2. The molecule has 1 aliphatic heterocycles. The molecule has 0 radical (unpaired) electrons. The first-order valence-corrected chi connectivity index (χ1v) is 8.75. The summed E-state index contributed by atoms with van der Waals surface area (Å²) >= 11 is 5.87. The van der Waals surface area contributed by atoms with Crippen LogP contribution < -0.4 is 5.76 Å². The van der Waals surface area contributed by atoms with Crippen LogP contribution in [-0.4, -0.2) is 42.5 Å². The van der Waals surface area contributed by atoms with Gasteiger partial charge in [-0.2, -0.15) is 0 Å². The maximum atomic E-state index is 11.9. The van der Waals surface area contributed by atoms with Gasteiger partial charge in [0.2, 0.25) is 0 Å². The van der Waals surface area contributed by atoms with E-state index in [0.717, 1.165) is 0 Å². The van der Waals surface area contributed by atoms with Crippen LogP contribution in [0.1, 0.15) is 6.42 Å². The van der Waals surface area contributed by atoms with Crippen molar-refractivity contribution < 1.29 is 12.8 Å². The summed E-state index contributed by atoms with van der Waals surface area (Å²) in [5, 5.41) is 0.499. The molecule has 2 aromatic rings. The highest BCUT2D eigenvalue weighted by Crippen LogP contribution is 2.20. The Hall–Kier alpha value is -1.31. The first kappa shape index (κ1) is 14.6. The Balaban J connectivity index is 1.88. The molecule has 6 nitrogen and oxygen atoms in total. The molecule has 114 valence electrons. The van der Waals surface area contributed by atoms with Crippen molar-refractivity contribution in [3.63, 3.8) is 0 Å². The lowest BCUT2D eigenvalue weighted by molar-refractivity contribution is 0.204. The standard InChI is InChI=1S/C13H15ClN2O4S/c1-15(10-4-5-21(18,19)7-10)8-16-11-3-2-9(14)6-12(11)20-13(16)17/h2-3,6,10H,4-5,7-8H2,1H3/t10-/m0/s1. The maximum Gasteiger partial charge on any atom is 0.421 e. The summed E-state index contributed by atoms with van der Waals surface area (Å²) in [6.45, 7) is 0.285. The number of aromatic nitrogens is 1. The fourth-order valence-electron chi connectivity index (χ4n) is 2.64. The molecule has 0 amide bonds. The lowest BCUT2D eigenvalue weighted by Crippen LogP contribution is -2.36. The van der Waals surface area contributed by atoms with Gasteiger partial charge in [-0.3, -0.25) is 9.47 Å². The number of benzene rings is 1. The van der Waals surface area contributed by atoms with Gasteiger partial charge >= 0.3 is 5.76 Å². The second-order valence-electron chi connectivity index (χ2n) is 5.36. The average Bonchev–Trinajstić information content (AvgIpc) is 2.90. The first-order chi connectivity index (χ1) is 9.85. The molecule has 0 aliphatic carbocycles. The van der Waals surface area contributed by atoms with Crippen LogP contribution in [0, 0.1) is 0 Å². The second kappa shape index (κ2) is 5.15. The van der Waals surface area contributed by atoms with Gasteiger partial charge in [0.25, 0.3) is 0 Å². The predicted octanol–water partition coefficient (Wildman–Crippen LogP) is 1.32. The molecular formula is C13H15ClN2O4S. The molecule has 1 aromatic carbocycles. The Kier molecular flexibility index (Phi) is 3.59. The van der Waals surface area contributed by atoms with Gasteiger partial charge in [-0.1, -0.05) is 11.6 Å². The molecule has 3 rings (SSSR count). The van der Waals surface area contributed by atoms with Crippen LogP contribution in [0.4, 0.5) is 0 Å². The van der Waals surface area contributed by atoms with Crippen molar-refractivity contribution in [2.24, 2.45) is 0 Å². The summed E-state index contributed by atoms with van der Waals surface area (Å²) in [6, 6.07) is 4.94. The van der Waals surface area contributed by atoms with Gasteiger partial charge in [0.05, 0.1) is 23.7 Å². The third-order valence-electron chi connectivity index (χ3n) is 3.83. The van der Waals surface area contributed by atoms with Gasteiger partial charge in [-0.25, -0.2) is 13.2 Å². The maximum absolute atomic E-state index is 11.9. The first-order valence-electron chi connectivity index (χ1n) is 6.55. The van der Waals surface area contributed by atoms with Crippen molar-refractivity contribution in [2.45, 2.75) is 19.1 Å². The van der Waals surface area contributed by atoms with Gasteiger partial charge in [-0.05, 0) is 25.6 Å². The third kappa shape index (κ3) is 2.86. The zero-order valence-electron chi connectivity index (χ0n) is 11.5. The minimum absolute atomic E-state index is 0.0702. The van der Waals surface area contributed by atoms with E-state index in [1.165, 1.54) is 4.57 Å². The minimum atomic E-state index is -2.95. The monoisotopic (exact) mass is 330 g/mol. The van der Waals surface area contributed by atoms with Crippen molar-refractivity contribution >= 4 is 32.5 Å². The quantitative estimate of drug-likeness (QED) is 0.848. The van der Waals surface area contributed by atoms with E-state index < -0.39 is 15.6 Å². The molecule has 1 aromatic heterocycles. The van der Waals surface area contributed by atoms with Crippen molar-refractivity contribution in [1.29, 1.82) is 0 Å². The summed E-state index contributed by atoms with van der Waals surface area (Å²) in [6.07, 6.45) is 0.592. The smallest absolute Gasteiger partial charge is 0.408 e. The number of halogens is 1. The highest BCUT2D eigenvalue weighted by molar-refractivity contribution is 7.91.